The molecule has 1 heterocycles. The van der Waals surface area contributed by atoms with E-state index in [1.807, 2.05) is 12.1 Å². The number of nitrogens with two attached hydrogens (primary N) is 1. The minimum absolute atomic E-state index is 0. The molecule has 3 rings (SSSR count). The fourth-order valence-corrected chi connectivity index (χ4v) is 3.98. The third-order valence-electron chi connectivity index (χ3n) is 5.72. The van der Waals surface area contributed by atoms with Gasteiger partial charge < -0.3 is 16.0 Å². The summed E-state index contributed by atoms with van der Waals surface area (Å²) in [5.74, 6) is 0.437. The summed E-state index contributed by atoms with van der Waals surface area (Å²) in [7, 11) is 0. The standard InChI is InChI=1S/C20H32N4O.3ClH/c1-2-23-10-12-24(13-11-23)15-16-6-8-18(9-7-16)22-20(25)14-17-4-3-5-19(17)21;;;/h6-9,17,19H,2-5,10-15,21H2,1H3,(H,22,25);3*1H/t17-,19+;;;/m0.../s1. The number of carbonyl (C=O) groups is 1. The molecule has 1 aliphatic carbocycles. The molecule has 2 aliphatic rings. The van der Waals surface area contributed by atoms with Crippen LogP contribution in [-0.2, 0) is 11.3 Å². The highest BCUT2D eigenvalue weighted by atomic mass is 35.5. The summed E-state index contributed by atoms with van der Waals surface area (Å²) in [6, 6.07) is 8.49. The molecule has 0 unspecified atom stereocenters. The second kappa shape index (κ2) is 13.6. The number of nitrogens with zero attached hydrogens (tertiary/aromatic N) is 2. The minimum atomic E-state index is 0. The molecule has 1 aromatic rings. The summed E-state index contributed by atoms with van der Waals surface area (Å²) < 4.78 is 0. The summed E-state index contributed by atoms with van der Waals surface area (Å²) in [6.45, 7) is 8.95. The molecule has 8 heteroatoms. The number of carbonyl (C=O) groups excluding carboxylic acids is 1. The van der Waals surface area contributed by atoms with Crippen molar-refractivity contribution in [2.75, 3.05) is 38.0 Å². The number of halogens is 3. The first-order chi connectivity index (χ1) is 12.1. The van der Waals surface area contributed by atoms with Crippen molar-refractivity contribution in [1.82, 2.24) is 9.80 Å². The molecule has 5 nitrogen and oxygen atoms in total. The van der Waals surface area contributed by atoms with Gasteiger partial charge in [0.25, 0.3) is 0 Å². The maximum Gasteiger partial charge on any atom is 0.224 e. The van der Waals surface area contributed by atoms with Gasteiger partial charge >= 0.3 is 0 Å². The van der Waals surface area contributed by atoms with Crippen molar-refractivity contribution in [3.05, 3.63) is 29.8 Å². The minimum Gasteiger partial charge on any atom is -0.327 e. The van der Waals surface area contributed by atoms with Crippen molar-refractivity contribution in [1.29, 1.82) is 0 Å². The van der Waals surface area contributed by atoms with E-state index in [4.69, 9.17) is 5.73 Å². The van der Waals surface area contributed by atoms with Gasteiger partial charge in [0.15, 0.2) is 0 Å². The second-order valence-corrected chi connectivity index (χ2v) is 7.51. The Morgan fingerprint density at radius 3 is 2.18 bits per heavy atom. The van der Waals surface area contributed by atoms with Crippen LogP contribution in [0.15, 0.2) is 24.3 Å². The SMILES string of the molecule is CCN1CCN(Cc2ccc(NC(=O)C[C@@H]3CCC[C@H]3N)cc2)CC1.Cl.Cl.Cl. The van der Waals surface area contributed by atoms with Crippen LogP contribution in [0.25, 0.3) is 0 Å². The number of benzene rings is 1. The molecule has 0 spiro atoms. The molecule has 1 amide bonds. The number of nitrogens with one attached hydrogen (secondary N) is 1. The Labute approximate surface area is 188 Å². The summed E-state index contributed by atoms with van der Waals surface area (Å²) in [6.07, 6.45) is 3.84. The van der Waals surface area contributed by atoms with Crippen molar-refractivity contribution >= 4 is 48.8 Å². The first-order valence-electron chi connectivity index (χ1n) is 9.73. The van der Waals surface area contributed by atoms with Gasteiger partial charge in [-0.25, -0.2) is 0 Å². The first-order valence-corrected chi connectivity index (χ1v) is 9.73. The number of rotatable bonds is 6. The Bertz CT molecular complexity index is 565. The lowest BCUT2D eigenvalue weighted by molar-refractivity contribution is -0.117. The summed E-state index contributed by atoms with van der Waals surface area (Å²) in [4.78, 5) is 17.2. The van der Waals surface area contributed by atoms with E-state index in [-0.39, 0.29) is 49.2 Å². The lowest BCUT2D eigenvalue weighted by atomic mass is 10.00. The van der Waals surface area contributed by atoms with E-state index in [1.165, 1.54) is 5.56 Å². The Balaban J connectivity index is 0.00000243. The van der Waals surface area contributed by atoms with E-state index in [1.54, 1.807) is 0 Å². The number of hydrogen-bond donors (Lipinski definition) is 2. The van der Waals surface area contributed by atoms with Crippen LogP contribution in [0.5, 0.6) is 0 Å². The van der Waals surface area contributed by atoms with Crippen LogP contribution in [0.1, 0.15) is 38.2 Å². The van der Waals surface area contributed by atoms with Gasteiger partial charge in [-0.05, 0) is 43.0 Å². The molecular weight excluding hydrogens is 419 g/mol. The van der Waals surface area contributed by atoms with Gasteiger partial charge in [-0.2, -0.15) is 0 Å². The van der Waals surface area contributed by atoms with Gasteiger partial charge in [0.2, 0.25) is 5.91 Å². The lowest BCUT2D eigenvalue weighted by Gasteiger charge is -2.34. The van der Waals surface area contributed by atoms with E-state index in [2.05, 4.69) is 34.2 Å². The van der Waals surface area contributed by atoms with Gasteiger partial charge in [-0.15, -0.1) is 37.2 Å². The predicted molar refractivity (Wildman–Crippen MR) is 124 cm³/mol. The first kappa shape index (κ1) is 27.4. The fourth-order valence-electron chi connectivity index (χ4n) is 3.98. The second-order valence-electron chi connectivity index (χ2n) is 7.51. The Morgan fingerprint density at radius 2 is 1.64 bits per heavy atom. The molecule has 0 radical (unpaired) electrons. The van der Waals surface area contributed by atoms with E-state index >= 15 is 0 Å². The average Bonchev–Trinajstić information content (AvgIpc) is 3.02. The number of hydrogen-bond acceptors (Lipinski definition) is 4. The van der Waals surface area contributed by atoms with Crippen molar-refractivity contribution in [3.8, 4) is 0 Å². The quantitative estimate of drug-likeness (QED) is 0.691. The highest BCUT2D eigenvalue weighted by Crippen LogP contribution is 2.27. The number of amides is 1. The molecule has 0 aromatic heterocycles. The zero-order chi connectivity index (χ0) is 17.6. The van der Waals surface area contributed by atoms with Crippen LogP contribution in [0.3, 0.4) is 0 Å². The third-order valence-corrected chi connectivity index (χ3v) is 5.72. The molecule has 28 heavy (non-hydrogen) atoms. The van der Waals surface area contributed by atoms with Crippen molar-refractivity contribution in [2.45, 2.75) is 45.2 Å². The molecule has 2 fully saturated rings. The van der Waals surface area contributed by atoms with Crippen LogP contribution in [0.4, 0.5) is 5.69 Å². The zero-order valence-corrected chi connectivity index (χ0v) is 19.1. The number of likely N-dealkylation sites (N-methyl/N-ethyl adjacent to an activating group) is 1. The smallest absolute Gasteiger partial charge is 0.224 e. The fraction of sp³-hybridized carbons (Fsp3) is 0.650. The van der Waals surface area contributed by atoms with Gasteiger partial charge in [-0.1, -0.05) is 25.5 Å². The molecule has 2 atom stereocenters. The maximum atomic E-state index is 12.2. The van der Waals surface area contributed by atoms with Crippen LogP contribution in [-0.4, -0.2) is 54.5 Å². The number of piperazine rings is 1. The van der Waals surface area contributed by atoms with Crippen molar-refractivity contribution in [2.24, 2.45) is 11.7 Å². The van der Waals surface area contributed by atoms with Crippen LogP contribution in [0, 0.1) is 5.92 Å². The monoisotopic (exact) mass is 452 g/mol. The van der Waals surface area contributed by atoms with Gasteiger partial charge in [0.05, 0.1) is 0 Å². The largest absolute Gasteiger partial charge is 0.327 e. The molecule has 1 saturated carbocycles. The summed E-state index contributed by atoms with van der Waals surface area (Å²) >= 11 is 0. The maximum absolute atomic E-state index is 12.2. The molecule has 1 aromatic carbocycles. The van der Waals surface area contributed by atoms with Crippen molar-refractivity contribution < 1.29 is 4.79 Å². The molecule has 1 aliphatic heterocycles. The highest BCUT2D eigenvalue weighted by Gasteiger charge is 2.26. The highest BCUT2D eigenvalue weighted by molar-refractivity contribution is 5.90. The number of anilines is 1. The predicted octanol–water partition coefficient (Wildman–Crippen LogP) is 3.55. The van der Waals surface area contributed by atoms with Crippen LogP contribution in [0.2, 0.25) is 0 Å². The zero-order valence-electron chi connectivity index (χ0n) is 16.6. The van der Waals surface area contributed by atoms with Gasteiger partial charge in [0.1, 0.15) is 0 Å². The molecule has 3 N–H and O–H groups in total. The summed E-state index contributed by atoms with van der Waals surface area (Å²) in [5.41, 5.74) is 8.25. The molecule has 0 bridgehead atoms. The van der Waals surface area contributed by atoms with E-state index < -0.39 is 0 Å². The Hall–Kier alpha value is -0.560. The van der Waals surface area contributed by atoms with Gasteiger partial charge in [0, 0.05) is 50.9 Å². The van der Waals surface area contributed by atoms with Crippen LogP contribution < -0.4 is 11.1 Å². The summed E-state index contributed by atoms with van der Waals surface area (Å²) in [5, 5.41) is 3.02. The lowest BCUT2D eigenvalue weighted by Crippen LogP contribution is -2.45. The topological polar surface area (TPSA) is 61.6 Å². The molecule has 162 valence electrons. The normalized spacial score (nSPS) is 22.5. The van der Waals surface area contributed by atoms with E-state index in [0.29, 0.717) is 12.3 Å². The molecule has 1 saturated heterocycles. The third kappa shape index (κ3) is 8.05. The van der Waals surface area contributed by atoms with E-state index in [9.17, 15) is 4.79 Å². The Morgan fingerprint density at radius 1 is 1.04 bits per heavy atom. The average molecular weight is 454 g/mol. The van der Waals surface area contributed by atoms with Gasteiger partial charge in [-0.3, -0.25) is 9.69 Å². The van der Waals surface area contributed by atoms with E-state index in [0.717, 1.165) is 64.2 Å². The van der Waals surface area contributed by atoms with Crippen LogP contribution >= 0.6 is 37.2 Å². The molecular formula is C20H35Cl3N4O. The Kier molecular flexibility index (Phi) is 13.4. The van der Waals surface area contributed by atoms with Crippen molar-refractivity contribution in [3.63, 3.8) is 0 Å².